The molecule has 0 unspecified atom stereocenters. The Bertz CT molecular complexity index is 328. The Hall–Kier alpha value is 4.76. The highest BCUT2D eigenvalue weighted by Gasteiger charge is 2.67. The molecule has 0 aromatic rings. The molecule has 0 fully saturated rings. The van der Waals surface area contributed by atoms with Gasteiger partial charge >= 0.3 is 0 Å². The number of ether oxygens (including phenoxy) is 1. The van der Waals surface area contributed by atoms with Gasteiger partial charge in [0.25, 0.3) is 0 Å². The van der Waals surface area contributed by atoms with Crippen LogP contribution in [0.5, 0.6) is 0 Å². The van der Waals surface area contributed by atoms with Crippen molar-refractivity contribution < 1.29 is 4.74 Å². The molecule has 0 aromatic heterocycles. The Morgan fingerprint density at radius 2 is 1.29 bits per heavy atom. The van der Waals surface area contributed by atoms with Crippen LogP contribution in [0.15, 0.2) is 0 Å². The Labute approximate surface area is 210 Å². The predicted molar refractivity (Wildman–Crippen MR) is 129 cm³/mol. The van der Waals surface area contributed by atoms with E-state index in [0.717, 1.165) is 19.3 Å². The van der Waals surface area contributed by atoms with E-state index in [9.17, 15) is 0 Å². The second-order valence-electron chi connectivity index (χ2n) is 4.14. The zero-order valence-corrected chi connectivity index (χ0v) is 26.5. The molecule has 0 saturated carbocycles. The summed E-state index contributed by atoms with van der Waals surface area (Å²) in [5.41, 5.74) is 0. The van der Waals surface area contributed by atoms with Gasteiger partial charge in [-0.25, -0.2) is 0 Å². The van der Waals surface area contributed by atoms with E-state index in [1.165, 1.54) is 0 Å². The predicted octanol–water partition coefficient (Wildman–Crippen LogP) is 9.21. The van der Waals surface area contributed by atoms with Crippen molar-refractivity contribution in [3.8, 4) is 0 Å². The lowest BCUT2D eigenvalue weighted by Crippen LogP contribution is -2.58. The van der Waals surface area contributed by atoms with Crippen LogP contribution in [0.4, 0.5) is 0 Å². The first-order chi connectivity index (χ1) is 9.25. The third-order valence-corrected chi connectivity index (χ3v) is 21.2. The molecule has 0 radical (unpaired) electrons. The summed E-state index contributed by atoms with van der Waals surface area (Å²) in [5.74, 6) is 0. The first-order valence-electron chi connectivity index (χ1n) is 5.69. The van der Waals surface area contributed by atoms with E-state index in [4.69, 9.17) is 4.74 Å². The summed E-state index contributed by atoms with van der Waals surface area (Å²) in [4.78, 5) is 0. The highest BCUT2D eigenvalue weighted by atomic mass is 79.9. The second-order valence-corrected chi connectivity index (χ2v) is 21.0. The normalized spacial score (nSPS) is 14.9. The largest absolute Gasteiger partial charge is 0.352 e. The minimum Gasteiger partial charge on any atom is -0.352 e. The maximum atomic E-state index is 5.96. The highest BCUT2D eigenvalue weighted by molar-refractivity contribution is 9.35. The molecular formula is C10H12Br10O. The number of hydrogen-bond acceptors (Lipinski definition) is 1. The van der Waals surface area contributed by atoms with Gasteiger partial charge in [-0.2, -0.15) is 0 Å². The quantitative estimate of drug-likeness (QED) is 0.166. The van der Waals surface area contributed by atoms with Crippen molar-refractivity contribution in [3.63, 3.8) is 0 Å². The lowest BCUT2D eigenvalue weighted by molar-refractivity contribution is 0.0886. The van der Waals surface area contributed by atoms with Crippen molar-refractivity contribution in [2.75, 3.05) is 6.61 Å². The molecule has 0 aliphatic heterocycles. The van der Waals surface area contributed by atoms with E-state index in [1.54, 1.807) is 0 Å². The standard InChI is InChI=1S/C10H12Br10O/c1-2-3-4-5-21-10(19,20)9(17,18)8(15,16)7(13,14)6(11)12/h6H,2-5H2,1H3. The summed E-state index contributed by atoms with van der Waals surface area (Å²) in [6, 6.07) is 0. The second kappa shape index (κ2) is 10.3. The molecule has 0 bridgehead atoms. The maximum Gasteiger partial charge on any atom is 0.205 e. The van der Waals surface area contributed by atoms with E-state index in [1.807, 2.05) is 0 Å². The Morgan fingerprint density at radius 3 is 1.67 bits per heavy atom. The average molecular weight is 947 g/mol. The molecule has 128 valence electrons. The Morgan fingerprint density at radius 1 is 0.810 bits per heavy atom. The fourth-order valence-corrected chi connectivity index (χ4v) is 8.60. The van der Waals surface area contributed by atoms with Crippen LogP contribution in [0, 0.1) is 0 Å². The first kappa shape index (κ1) is 25.8. The molecule has 0 aliphatic carbocycles. The smallest absolute Gasteiger partial charge is 0.205 e. The fourth-order valence-electron chi connectivity index (χ4n) is 1.17. The SMILES string of the molecule is CCCCCOC(Br)(Br)C(Br)(Br)C(Br)(Br)C(Br)(Br)C(Br)Br. The van der Waals surface area contributed by atoms with Gasteiger partial charge in [0.2, 0.25) is 3.42 Å². The summed E-state index contributed by atoms with van der Waals surface area (Å²) in [6.45, 7) is 2.79. The minimum absolute atomic E-state index is 0.0957. The molecule has 11 heteroatoms. The fraction of sp³-hybridized carbons (Fsp3) is 1.00. The number of alkyl halides is 10. The molecule has 0 N–H and O–H groups in total. The number of rotatable bonds is 9. The maximum absolute atomic E-state index is 5.96. The van der Waals surface area contributed by atoms with Gasteiger partial charge in [-0.15, -0.1) is 0 Å². The zero-order valence-electron chi connectivity index (χ0n) is 10.6. The van der Waals surface area contributed by atoms with Crippen LogP contribution in [0.25, 0.3) is 0 Å². The summed E-state index contributed by atoms with van der Waals surface area (Å²) in [7, 11) is 0. The van der Waals surface area contributed by atoms with Gasteiger partial charge in [-0.3, -0.25) is 0 Å². The summed E-state index contributed by atoms with van der Waals surface area (Å²) < 4.78 is 2.89. The summed E-state index contributed by atoms with van der Waals surface area (Å²) in [5, 5.41) is 0. The number of hydrogen-bond donors (Lipinski definition) is 0. The van der Waals surface area contributed by atoms with Crippen molar-refractivity contribution in [1.29, 1.82) is 0 Å². The molecule has 0 heterocycles. The monoisotopic (exact) mass is 937 g/mol. The van der Waals surface area contributed by atoms with Crippen molar-refractivity contribution in [3.05, 3.63) is 0 Å². The lowest BCUT2D eigenvalue weighted by Gasteiger charge is -2.48. The van der Waals surface area contributed by atoms with Gasteiger partial charge < -0.3 is 4.74 Å². The molecule has 0 rings (SSSR count). The van der Waals surface area contributed by atoms with Crippen LogP contribution in [0.1, 0.15) is 26.2 Å². The third kappa shape index (κ3) is 6.40. The number of unbranched alkanes of at least 4 members (excludes halogenated alkanes) is 2. The van der Waals surface area contributed by atoms with E-state index in [-0.39, 0.29) is 3.74 Å². The van der Waals surface area contributed by atoms with Crippen LogP contribution >= 0.6 is 159 Å². The topological polar surface area (TPSA) is 9.23 Å². The van der Waals surface area contributed by atoms with Gasteiger partial charge in [0, 0.05) is 6.61 Å². The Kier molecular flexibility index (Phi) is 12.7. The molecule has 0 spiro atoms. The molecule has 0 atom stereocenters. The van der Waals surface area contributed by atoms with Gasteiger partial charge in [-0.05, 0) is 38.3 Å². The van der Waals surface area contributed by atoms with Crippen molar-refractivity contribution in [2.45, 2.75) is 43.0 Å². The number of halogens is 10. The summed E-state index contributed by atoms with van der Waals surface area (Å²) in [6.07, 6.45) is 3.28. The van der Waals surface area contributed by atoms with E-state index in [0.29, 0.717) is 6.61 Å². The Balaban J connectivity index is 5.23. The van der Waals surface area contributed by atoms with Crippen molar-refractivity contribution >= 4 is 159 Å². The molecule has 1 nitrogen and oxygen atoms in total. The van der Waals surface area contributed by atoms with Crippen LogP contribution in [0.3, 0.4) is 0 Å². The highest BCUT2D eigenvalue weighted by Crippen LogP contribution is 2.68. The third-order valence-electron chi connectivity index (χ3n) is 2.48. The van der Waals surface area contributed by atoms with Gasteiger partial charge in [-0.1, -0.05) is 147 Å². The van der Waals surface area contributed by atoms with E-state index >= 15 is 0 Å². The molecule has 0 aromatic carbocycles. The van der Waals surface area contributed by atoms with Gasteiger partial charge in [0.15, 0.2) is 3.23 Å². The van der Waals surface area contributed by atoms with Gasteiger partial charge in [0.1, 0.15) is 6.47 Å². The lowest BCUT2D eigenvalue weighted by atomic mass is 10.2. The molecule has 0 aliphatic rings. The van der Waals surface area contributed by atoms with Crippen LogP contribution in [0.2, 0.25) is 0 Å². The molecular weight excluding hydrogens is 935 g/mol. The van der Waals surface area contributed by atoms with Crippen LogP contribution < -0.4 is 0 Å². The molecule has 21 heavy (non-hydrogen) atoms. The van der Waals surface area contributed by atoms with Crippen LogP contribution in [-0.2, 0) is 4.74 Å². The van der Waals surface area contributed by atoms with E-state index in [2.05, 4.69) is 166 Å². The minimum atomic E-state index is -0.866. The van der Waals surface area contributed by atoms with Crippen molar-refractivity contribution in [1.82, 2.24) is 0 Å². The average Bonchev–Trinajstić information content (AvgIpc) is 2.33. The van der Waals surface area contributed by atoms with Crippen LogP contribution in [-0.4, -0.2) is 23.5 Å². The zero-order chi connectivity index (χ0) is 17.1. The molecule has 0 amide bonds. The van der Waals surface area contributed by atoms with Crippen molar-refractivity contribution in [2.24, 2.45) is 0 Å². The van der Waals surface area contributed by atoms with E-state index < -0.39 is 13.1 Å². The molecule has 0 saturated heterocycles. The van der Waals surface area contributed by atoms with Gasteiger partial charge in [0.05, 0.1) is 3.74 Å². The first-order valence-corrected chi connectivity index (χ1v) is 13.9. The summed E-state index contributed by atoms with van der Waals surface area (Å²) >= 11 is 36.4.